The number of carbonyl (C=O) groups excluding carboxylic acids is 1. The van der Waals surface area contributed by atoms with E-state index >= 15 is 0 Å². The van der Waals surface area contributed by atoms with Crippen molar-refractivity contribution in [3.05, 3.63) is 81.1 Å². The van der Waals surface area contributed by atoms with Crippen LogP contribution in [0.5, 0.6) is 0 Å². The lowest BCUT2D eigenvalue weighted by Gasteiger charge is -2.12. The summed E-state index contributed by atoms with van der Waals surface area (Å²) in [6, 6.07) is 17.4. The van der Waals surface area contributed by atoms with Crippen LogP contribution in [0.4, 0.5) is 5.82 Å². The van der Waals surface area contributed by atoms with Crippen LogP contribution in [-0.2, 0) is 6.54 Å². The summed E-state index contributed by atoms with van der Waals surface area (Å²) in [5.41, 5.74) is 4.79. The zero-order chi connectivity index (χ0) is 23.9. The number of halogens is 1. The minimum atomic E-state index is -0.152. The third kappa shape index (κ3) is 4.09. The Hall–Kier alpha value is -3.93. The average molecular weight is 499 g/mol. The molecule has 3 heterocycles. The monoisotopic (exact) mass is 498 g/mol. The molecular weight excluding hydrogens is 480 g/mol. The summed E-state index contributed by atoms with van der Waals surface area (Å²) in [5.74, 6) is 0.472. The Labute approximate surface area is 210 Å². The number of thiophene rings is 1. The van der Waals surface area contributed by atoms with E-state index in [0.717, 1.165) is 29.6 Å². The average Bonchev–Trinajstić information content (AvgIpc) is 3.33. The Bertz CT molecular complexity index is 1630. The van der Waals surface area contributed by atoms with Gasteiger partial charge in [0.1, 0.15) is 0 Å². The van der Waals surface area contributed by atoms with E-state index in [0.29, 0.717) is 39.7 Å². The standard InChI is InChI=1S/C26H19ClN6OS/c27-20-11-16(4-7-19(20)26(34)31-17-5-6-17)23-14-30-25-24(29-13-18-2-1-9-35-18)32-21-10-15(12-28)3-8-22(21)33(23)25/h1-4,7-11,14,17H,5-6,13H2,(H,29,32)(H,31,34). The van der Waals surface area contributed by atoms with Crippen LogP contribution in [0.3, 0.4) is 0 Å². The number of amides is 1. The number of hydrogen-bond acceptors (Lipinski definition) is 6. The maximum Gasteiger partial charge on any atom is 0.253 e. The molecule has 1 saturated carbocycles. The van der Waals surface area contributed by atoms with Crippen LogP contribution in [-0.4, -0.2) is 26.3 Å². The van der Waals surface area contributed by atoms with Crippen LogP contribution in [0, 0.1) is 11.3 Å². The van der Waals surface area contributed by atoms with Gasteiger partial charge in [0, 0.05) is 16.5 Å². The Balaban J connectivity index is 1.47. The van der Waals surface area contributed by atoms with Gasteiger partial charge in [-0.05, 0) is 54.6 Å². The highest BCUT2D eigenvalue weighted by Crippen LogP contribution is 2.32. The summed E-state index contributed by atoms with van der Waals surface area (Å²) in [6.45, 7) is 0.614. The second-order valence-electron chi connectivity index (χ2n) is 8.45. The molecule has 0 spiro atoms. The molecule has 2 aromatic carbocycles. The number of nitrogens with zero attached hydrogens (tertiary/aromatic N) is 4. The fourth-order valence-corrected chi connectivity index (χ4v) is 4.97. The predicted octanol–water partition coefficient (Wildman–Crippen LogP) is 5.64. The third-order valence-corrected chi connectivity index (χ3v) is 7.17. The number of aromatic nitrogens is 3. The minimum absolute atomic E-state index is 0.152. The zero-order valence-corrected chi connectivity index (χ0v) is 20.0. The fraction of sp³-hybridized carbons (Fsp3) is 0.154. The summed E-state index contributed by atoms with van der Waals surface area (Å²) in [5, 5.41) is 18.2. The van der Waals surface area contributed by atoms with Crippen molar-refractivity contribution < 1.29 is 4.79 Å². The van der Waals surface area contributed by atoms with E-state index in [1.54, 1.807) is 41.8 Å². The number of fused-ring (bicyclic) bond motifs is 3. The summed E-state index contributed by atoms with van der Waals surface area (Å²) >= 11 is 8.21. The zero-order valence-electron chi connectivity index (χ0n) is 18.5. The molecule has 5 aromatic rings. The largest absolute Gasteiger partial charge is 0.362 e. The molecule has 0 unspecified atom stereocenters. The first-order valence-electron chi connectivity index (χ1n) is 11.2. The molecule has 3 aromatic heterocycles. The molecule has 9 heteroatoms. The van der Waals surface area contributed by atoms with Gasteiger partial charge in [-0.3, -0.25) is 9.20 Å². The second-order valence-corrected chi connectivity index (χ2v) is 9.89. The maximum absolute atomic E-state index is 12.5. The molecule has 0 bridgehead atoms. The highest BCUT2D eigenvalue weighted by Gasteiger charge is 2.25. The van der Waals surface area contributed by atoms with Crippen molar-refractivity contribution in [1.29, 1.82) is 5.26 Å². The third-order valence-electron chi connectivity index (χ3n) is 5.98. The van der Waals surface area contributed by atoms with Crippen LogP contribution >= 0.6 is 22.9 Å². The van der Waals surface area contributed by atoms with Gasteiger partial charge in [-0.15, -0.1) is 11.3 Å². The van der Waals surface area contributed by atoms with Gasteiger partial charge in [0.05, 0.1) is 51.7 Å². The molecule has 2 N–H and O–H groups in total. The smallest absolute Gasteiger partial charge is 0.253 e. The van der Waals surface area contributed by atoms with E-state index in [1.165, 1.54) is 4.88 Å². The van der Waals surface area contributed by atoms with Gasteiger partial charge >= 0.3 is 0 Å². The van der Waals surface area contributed by atoms with Gasteiger partial charge in [-0.2, -0.15) is 5.26 Å². The predicted molar refractivity (Wildman–Crippen MR) is 138 cm³/mol. The normalized spacial score (nSPS) is 13.1. The molecule has 1 aliphatic rings. The number of carbonyl (C=O) groups is 1. The van der Waals surface area contributed by atoms with Crippen molar-refractivity contribution in [2.45, 2.75) is 25.4 Å². The van der Waals surface area contributed by atoms with E-state index in [9.17, 15) is 10.1 Å². The molecule has 7 nitrogen and oxygen atoms in total. The summed E-state index contributed by atoms with van der Waals surface area (Å²) in [6.07, 6.45) is 3.81. The first kappa shape index (κ1) is 21.6. The Morgan fingerprint density at radius 3 is 2.86 bits per heavy atom. The van der Waals surface area contributed by atoms with Crippen LogP contribution < -0.4 is 10.6 Å². The molecule has 0 radical (unpaired) electrons. The molecule has 35 heavy (non-hydrogen) atoms. The van der Waals surface area contributed by atoms with Gasteiger partial charge in [-0.25, -0.2) is 9.97 Å². The van der Waals surface area contributed by atoms with E-state index in [1.807, 2.05) is 28.0 Å². The number of anilines is 1. The van der Waals surface area contributed by atoms with Gasteiger partial charge < -0.3 is 10.6 Å². The number of rotatable bonds is 6. The summed E-state index contributed by atoms with van der Waals surface area (Å²) in [4.78, 5) is 23.2. The number of imidazole rings is 1. The van der Waals surface area contributed by atoms with Crippen LogP contribution in [0.1, 0.15) is 33.6 Å². The lowest BCUT2D eigenvalue weighted by atomic mass is 10.1. The molecule has 1 fully saturated rings. The van der Waals surface area contributed by atoms with E-state index in [-0.39, 0.29) is 11.9 Å². The number of nitriles is 1. The van der Waals surface area contributed by atoms with Crippen molar-refractivity contribution in [1.82, 2.24) is 19.7 Å². The molecule has 172 valence electrons. The van der Waals surface area contributed by atoms with Gasteiger partial charge in [0.25, 0.3) is 5.91 Å². The molecular formula is C26H19ClN6OS. The lowest BCUT2D eigenvalue weighted by Crippen LogP contribution is -2.25. The van der Waals surface area contributed by atoms with Crippen LogP contribution in [0.2, 0.25) is 5.02 Å². The van der Waals surface area contributed by atoms with E-state index < -0.39 is 0 Å². The number of hydrogen-bond donors (Lipinski definition) is 2. The Morgan fingerprint density at radius 1 is 1.23 bits per heavy atom. The second kappa shape index (κ2) is 8.69. The number of nitrogens with one attached hydrogen (secondary N) is 2. The maximum atomic E-state index is 12.5. The molecule has 0 saturated heterocycles. The molecule has 0 atom stereocenters. The quantitative estimate of drug-likeness (QED) is 0.316. The summed E-state index contributed by atoms with van der Waals surface area (Å²) in [7, 11) is 0. The molecule has 6 rings (SSSR count). The van der Waals surface area contributed by atoms with Gasteiger partial charge in [-0.1, -0.05) is 23.7 Å². The van der Waals surface area contributed by atoms with Gasteiger partial charge in [0.15, 0.2) is 11.5 Å². The van der Waals surface area contributed by atoms with Crippen molar-refractivity contribution >= 4 is 51.3 Å². The lowest BCUT2D eigenvalue weighted by molar-refractivity contribution is 0.0951. The highest BCUT2D eigenvalue weighted by molar-refractivity contribution is 7.09. The molecule has 0 aliphatic heterocycles. The minimum Gasteiger partial charge on any atom is -0.362 e. The molecule has 1 aliphatic carbocycles. The SMILES string of the molecule is N#Cc1ccc2c(c1)nc(NCc1cccs1)c1ncc(-c3ccc(C(=O)NC4CC4)c(Cl)c3)n12. The topological polar surface area (TPSA) is 95.1 Å². The van der Waals surface area contributed by atoms with Crippen molar-refractivity contribution in [3.8, 4) is 17.3 Å². The Morgan fingerprint density at radius 2 is 2.11 bits per heavy atom. The number of benzene rings is 2. The van der Waals surface area contributed by atoms with Crippen molar-refractivity contribution in [3.63, 3.8) is 0 Å². The first-order valence-corrected chi connectivity index (χ1v) is 12.4. The van der Waals surface area contributed by atoms with Crippen molar-refractivity contribution in [2.75, 3.05) is 5.32 Å². The fourth-order valence-electron chi connectivity index (χ4n) is 4.06. The highest BCUT2D eigenvalue weighted by atomic mass is 35.5. The van der Waals surface area contributed by atoms with E-state index in [4.69, 9.17) is 16.6 Å². The van der Waals surface area contributed by atoms with Crippen LogP contribution in [0.15, 0.2) is 60.1 Å². The first-order chi connectivity index (χ1) is 17.1. The summed E-state index contributed by atoms with van der Waals surface area (Å²) < 4.78 is 2.01. The van der Waals surface area contributed by atoms with Crippen molar-refractivity contribution in [2.24, 2.45) is 0 Å². The van der Waals surface area contributed by atoms with Gasteiger partial charge in [0.2, 0.25) is 0 Å². The molecule has 1 amide bonds. The Kier molecular flexibility index (Phi) is 5.36. The van der Waals surface area contributed by atoms with Crippen LogP contribution in [0.25, 0.3) is 27.9 Å². The van der Waals surface area contributed by atoms with E-state index in [2.05, 4.69) is 27.8 Å².